The molecule has 0 aliphatic heterocycles. The van der Waals surface area contributed by atoms with E-state index < -0.39 is 68.1 Å². The highest BCUT2D eigenvalue weighted by atomic mass is 35.5. The first-order valence-corrected chi connectivity index (χ1v) is 10.1. The predicted octanol–water partition coefficient (Wildman–Crippen LogP) is 0.649. The number of hydrogen-bond acceptors (Lipinski definition) is 6. The van der Waals surface area contributed by atoms with Crippen LogP contribution in [0.4, 0.5) is 17.6 Å². The first kappa shape index (κ1) is 25.4. The molecule has 1 aromatic heterocycles. The number of hydrogen-bond donors (Lipinski definition) is 1. The Labute approximate surface area is 182 Å². The summed E-state index contributed by atoms with van der Waals surface area (Å²) in [5.41, 5.74) is -5.34. The summed E-state index contributed by atoms with van der Waals surface area (Å²) in [6.45, 7) is -0.919. The lowest BCUT2D eigenvalue weighted by Crippen LogP contribution is -2.41. The van der Waals surface area contributed by atoms with Crippen molar-refractivity contribution < 1.29 is 35.5 Å². The van der Waals surface area contributed by atoms with E-state index in [0.717, 1.165) is 21.1 Å². The molecule has 1 aromatic carbocycles. The minimum atomic E-state index is -5.01. The number of benzene rings is 1. The minimum absolute atomic E-state index is 0.107. The van der Waals surface area contributed by atoms with Crippen molar-refractivity contribution in [2.45, 2.75) is 6.18 Å². The van der Waals surface area contributed by atoms with E-state index in [4.69, 9.17) is 16.3 Å². The van der Waals surface area contributed by atoms with Gasteiger partial charge in [-0.2, -0.15) is 25.9 Å². The zero-order chi connectivity index (χ0) is 24.6. The Morgan fingerprint density at radius 3 is 2.34 bits per heavy atom. The Bertz CT molecular complexity index is 1290. The average molecular weight is 503 g/mol. The molecule has 0 aliphatic carbocycles. The van der Waals surface area contributed by atoms with Gasteiger partial charge in [0, 0.05) is 33.3 Å². The van der Waals surface area contributed by atoms with Crippen LogP contribution < -0.4 is 20.7 Å². The summed E-state index contributed by atoms with van der Waals surface area (Å²) in [6.07, 6.45) is -5.01. The van der Waals surface area contributed by atoms with E-state index in [2.05, 4.69) is 0 Å². The van der Waals surface area contributed by atoms with Crippen molar-refractivity contribution in [2.24, 2.45) is 7.05 Å². The number of carbonyl (C=O) groups is 1. The zero-order valence-corrected chi connectivity index (χ0v) is 18.1. The summed E-state index contributed by atoms with van der Waals surface area (Å²) < 4.78 is 84.2. The summed E-state index contributed by atoms with van der Waals surface area (Å²) >= 11 is 5.81. The van der Waals surface area contributed by atoms with E-state index in [1.54, 1.807) is 4.72 Å². The molecule has 1 N–H and O–H groups in total. The number of alkyl halides is 3. The molecule has 1 amide bonds. The number of amides is 1. The normalized spacial score (nSPS) is 12.2. The van der Waals surface area contributed by atoms with Crippen LogP contribution in [0.1, 0.15) is 5.69 Å². The fourth-order valence-electron chi connectivity index (χ4n) is 2.33. The van der Waals surface area contributed by atoms with Crippen LogP contribution >= 0.6 is 11.6 Å². The van der Waals surface area contributed by atoms with Gasteiger partial charge in [-0.05, 0) is 6.07 Å². The van der Waals surface area contributed by atoms with Gasteiger partial charge in [0.05, 0.1) is 10.7 Å². The molecule has 176 valence electrons. The Morgan fingerprint density at radius 2 is 1.81 bits per heavy atom. The molecule has 0 unspecified atom stereocenters. The van der Waals surface area contributed by atoms with Gasteiger partial charge in [0.2, 0.25) is 0 Å². The van der Waals surface area contributed by atoms with Crippen LogP contribution in [-0.4, -0.2) is 48.5 Å². The van der Waals surface area contributed by atoms with Gasteiger partial charge in [0.15, 0.2) is 6.61 Å². The Hall–Kier alpha value is -2.91. The van der Waals surface area contributed by atoms with Crippen molar-refractivity contribution in [2.75, 3.05) is 20.7 Å². The Balaban J connectivity index is 2.47. The summed E-state index contributed by atoms with van der Waals surface area (Å²) in [6, 6.07) is 1.42. The maximum Gasteiger partial charge on any atom is 0.431 e. The quantitative estimate of drug-likeness (QED) is 0.579. The first-order chi connectivity index (χ1) is 14.6. The van der Waals surface area contributed by atoms with E-state index >= 15 is 0 Å². The molecule has 0 aliphatic rings. The molecule has 0 spiro atoms. The number of halogens is 5. The zero-order valence-electron chi connectivity index (χ0n) is 16.5. The van der Waals surface area contributed by atoms with Gasteiger partial charge in [-0.1, -0.05) is 11.6 Å². The number of nitrogens with one attached hydrogen (secondary N) is 1. The largest absolute Gasteiger partial charge is 0.482 e. The topological polar surface area (TPSA) is 120 Å². The number of rotatable bonds is 6. The summed E-state index contributed by atoms with van der Waals surface area (Å²) in [4.78, 5) is 36.3. The number of nitrogens with zero attached hydrogens (tertiary/aromatic N) is 3. The second-order valence-corrected chi connectivity index (χ2v) is 8.67. The maximum atomic E-state index is 14.4. The SMILES string of the molecule is CN(C)S(=O)(=O)NC(=O)COc1cc(-n2c(=O)cc(C(F)(F)F)n(C)c2=O)c(F)cc1Cl. The molecule has 0 saturated carbocycles. The van der Waals surface area contributed by atoms with Gasteiger partial charge in [0.25, 0.3) is 11.5 Å². The van der Waals surface area contributed by atoms with Gasteiger partial charge in [0.1, 0.15) is 17.3 Å². The molecule has 2 aromatic rings. The molecule has 0 saturated heterocycles. The van der Waals surface area contributed by atoms with Crippen molar-refractivity contribution in [3.63, 3.8) is 0 Å². The van der Waals surface area contributed by atoms with E-state index in [0.29, 0.717) is 16.4 Å². The molecule has 1 heterocycles. The lowest BCUT2D eigenvalue weighted by atomic mass is 10.2. The van der Waals surface area contributed by atoms with Crippen molar-refractivity contribution >= 4 is 27.7 Å². The van der Waals surface area contributed by atoms with Crippen molar-refractivity contribution in [1.82, 2.24) is 18.2 Å². The molecule has 32 heavy (non-hydrogen) atoms. The monoisotopic (exact) mass is 502 g/mol. The summed E-state index contributed by atoms with van der Waals surface area (Å²) in [5, 5.41) is -0.425. The van der Waals surface area contributed by atoms with Gasteiger partial charge >= 0.3 is 22.1 Å². The third-order valence-electron chi connectivity index (χ3n) is 3.94. The maximum absolute atomic E-state index is 14.4. The van der Waals surface area contributed by atoms with Gasteiger partial charge in [-0.25, -0.2) is 18.5 Å². The van der Waals surface area contributed by atoms with Crippen molar-refractivity contribution in [1.29, 1.82) is 0 Å². The Kier molecular flexibility index (Phi) is 7.06. The average Bonchev–Trinajstić information content (AvgIpc) is 2.64. The van der Waals surface area contributed by atoms with Crippen molar-refractivity contribution in [3.05, 3.63) is 55.6 Å². The second kappa shape index (κ2) is 8.91. The summed E-state index contributed by atoms with van der Waals surface area (Å²) in [7, 11) is -1.08. The lowest BCUT2D eigenvalue weighted by molar-refractivity contribution is -0.144. The van der Waals surface area contributed by atoms with Crippen LogP contribution in [0.5, 0.6) is 5.75 Å². The highest BCUT2D eigenvalue weighted by Crippen LogP contribution is 2.30. The molecule has 2 rings (SSSR count). The van der Waals surface area contributed by atoms with E-state index in [1.165, 1.54) is 0 Å². The number of ether oxygens (including phenoxy) is 1. The summed E-state index contributed by atoms with van der Waals surface area (Å²) in [5.74, 6) is -2.83. The third kappa shape index (κ3) is 5.28. The van der Waals surface area contributed by atoms with E-state index in [9.17, 15) is 40.4 Å². The van der Waals surface area contributed by atoms with Crippen LogP contribution in [0.15, 0.2) is 27.8 Å². The molecule has 10 nitrogen and oxygen atoms in total. The van der Waals surface area contributed by atoms with Crippen LogP contribution in [0.2, 0.25) is 5.02 Å². The third-order valence-corrected chi connectivity index (χ3v) is 5.68. The highest BCUT2D eigenvalue weighted by molar-refractivity contribution is 7.87. The van der Waals surface area contributed by atoms with Crippen LogP contribution in [0.3, 0.4) is 0 Å². The van der Waals surface area contributed by atoms with Crippen LogP contribution in [0, 0.1) is 5.82 Å². The van der Waals surface area contributed by atoms with E-state index in [-0.39, 0.29) is 15.2 Å². The first-order valence-electron chi connectivity index (χ1n) is 8.32. The molecule has 0 atom stereocenters. The van der Waals surface area contributed by atoms with Gasteiger partial charge in [-0.15, -0.1) is 0 Å². The fraction of sp³-hybridized carbons (Fsp3) is 0.312. The molecule has 0 bridgehead atoms. The fourth-order valence-corrected chi connectivity index (χ4v) is 3.06. The van der Waals surface area contributed by atoms with Gasteiger partial charge < -0.3 is 4.74 Å². The van der Waals surface area contributed by atoms with E-state index in [1.807, 2.05) is 0 Å². The standard InChI is InChI=1S/C16H15ClF4N4O6S/c1-23(2)32(29,30)22-13(26)7-31-11-5-10(9(18)4-8(11)17)25-14(27)6-12(16(19,20)21)24(3)15(25)28/h4-6H,7H2,1-3H3,(H,22,26). The lowest BCUT2D eigenvalue weighted by Gasteiger charge is -2.16. The highest BCUT2D eigenvalue weighted by Gasteiger charge is 2.35. The van der Waals surface area contributed by atoms with Crippen molar-refractivity contribution in [3.8, 4) is 11.4 Å². The number of carbonyl (C=O) groups excluding carboxylic acids is 1. The molecule has 16 heteroatoms. The molecule has 0 fully saturated rings. The second-order valence-electron chi connectivity index (χ2n) is 6.38. The van der Waals surface area contributed by atoms with Crippen LogP contribution in [-0.2, 0) is 28.2 Å². The predicted molar refractivity (Wildman–Crippen MR) is 103 cm³/mol. The molecular weight excluding hydrogens is 488 g/mol. The van der Waals surface area contributed by atoms with Crippen LogP contribution in [0.25, 0.3) is 5.69 Å². The van der Waals surface area contributed by atoms with Gasteiger partial charge in [-0.3, -0.25) is 14.2 Å². The molecular formula is C16H15ClF4N4O6S. The smallest absolute Gasteiger partial charge is 0.431 e. The Morgan fingerprint density at radius 1 is 1.22 bits per heavy atom. The molecule has 0 radical (unpaired) electrons. The number of aromatic nitrogens is 2. The minimum Gasteiger partial charge on any atom is -0.482 e.